The number of rotatable bonds is 6. The number of hydrogen-bond acceptors (Lipinski definition) is 3. The molecule has 1 aliphatic rings. The Morgan fingerprint density at radius 2 is 2.29 bits per heavy atom. The molecule has 1 atom stereocenters. The average molecular weight is 240 g/mol. The number of carboxylic acid groups (broad SMARTS) is 1. The molecule has 0 aromatic carbocycles. The highest BCUT2D eigenvalue weighted by molar-refractivity contribution is 5.69. The Balaban J connectivity index is 2.35. The Morgan fingerprint density at radius 1 is 1.53 bits per heavy atom. The SMILES string of the molecule is C=CCCN1CCCC(N(C)CC(=O)O)CC1. The molecule has 0 bridgehead atoms. The van der Waals surface area contributed by atoms with Crippen LogP contribution in [-0.2, 0) is 4.79 Å². The first-order valence-electron chi connectivity index (χ1n) is 6.38. The minimum atomic E-state index is -0.736. The molecule has 1 heterocycles. The summed E-state index contributed by atoms with van der Waals surface area (Å²) < 4.78 is 0. The fourth-order valence-corrected chi connectivity index (χ4v) is 2.42. The van der Waals surface area contributed by atoms with Crippen molar-refractivity contribution < 1.29 is 9.90 Å². The van der Waals surface area contributed by atoms with Crippen molar-refractivity contribution in [1.82, 2.24) is 9.80 Å². The highest BCUT2D eigenvalue weighted by Crippen LogP contribution is 2.15. The normalized spacial score (nSPS) is 22.4. The summed E-state index contributed by atoms with van der Waals surface area (Å²) in [6.45, 7) is 7.18. The number of carboxylic acids is 1. The number of nitrogens with zero attached hydrogens (tertiary/aromatic N) is 2. The van der Waals surface area contributed by atoms with Crippen molar-refractivity contribution in [1.29, 1.82) is 0 Å². The maximum absolute atomic E-state index is 10.7. The Morgan fingerprint density at radius 3 is 2.94 bits per heavy atom. The second kappa shape index (κ2) is 7.45. The van der Waals surface area contributed by atoms with E-state index in [1.165, 1.54) is 0 Å². The van der Waals surface area contributed by atoms with Crippen LogP contribution in [0.4, 0.5) is 0 Å². The number of aliphatic carboxylic acids is 1. The number of likely N-dealkylation sites (N-methyl/N-ethyl adjacent to an activating group) is 1. The standard InChI is InChI=1S/C13H24N2O2/c1-3-4-8-15-9-5-6-12(7-10-15)14(2)11-13(16)17/h3,12H,1,4-11H2,2H3,(H,16,17). The lowest BCUT2D eigenvalue weighted by Gasteiger charge is -2.25. The van der Waals surface area contributed by atoms with Gasteiger partial charge in [-0.1, -0.05) is 6.08 Å². The van der Waals surface area contributed by atoms with Crippen LogP contribution in [0.3, 0.4) is 0 Å². The van der Waals surface area contributed by atoms with Crippen molar-refractivity contribution in [2.24, 2.45) is 0 Å². The minimum Gasteiger partial charge on any atom is -0.480 e. The first-order valence-corrected chi connectivity index (χ1v) is 6.38. The lowest BCUT2D eigenvalue weighted by Crippen LogP contribution is -2.36. The number of likely N-dealkylation sites (tertiary alicyclic amines) is 1. The van der Waals surface area contributed by atoms with Gasteiger partial charge < -0.3 is 10.0 Å². The maximum Gasteiger partial charge on any atom is 0.317 e. The minimum absolute atomic E-state index is 0.150. The number of carbonyl (C=O) groups is 1. The third kappa shape index (κ3) is 5.33. The van der Waals surface area contributed by atoms with Crippen LogP contribution in [0.2, 0.25) is 0 Å². The Kier molecular flexibility index (Phi) is 6.22. The molecular weight excluding hydrogens is 216 g/mol. The molecule has 0 aromatic rings. The zero-order valence-corrected chi connectivity index (χ0v) is 10.8. The first-order chi connectivity index (χ1) is 8.13. The summed E-state index contributed by atoms with van der Waals surface area (Å²) in [4.78, 5) is 15.1. The van der Waals surface area contributed by atoms with Gasteiger partial charge in [0.15, 0.2) is 0 Å². The molecule has 17 heavy (non-hydrogen) atoms. The van der Waals surface area contributed by atoms with Crippen LogP contribution in [0.25, 0.3) is 0 Å². The molecule has 1 fully saturated rings. The van der Waals surface area contributed by atoms with Gasteiger partial charge in [0.25, 0.3) is 0 Å². The summed E-state index contributed by atoms with van der Waals surface area (Å²) in [5.41, 5.74) is 0. The van der Waals surface area contributed by atoms with E-state index in [-0.39, 0.29) is 6.54 Å². The van der Waals surface area contributed by atoms with Crippen LogP contribution in [0.15, 0.2) is 12.7 Å². The summed E-state index contributed by atoms with van der Waals surface area (Å²) in [6.07, 6.45) is 6.33. The van der Waals surface area contributed by atoms with E-state index in [2.05, 4.69) is 11.5 Å². The summed E-state index contributed by atoms with van der Waals surface area (Å²) in [5.74, 6) is -0.736. The lowest BCUT2D eigenvalue weighted by atomic mass is 10.1. The second-order valence-corrected chi connectivity index (χ2v) is 4.81. The van der Waals surface area contributed by atoms with Gasteiger partial charge in [0.2, 0.25) is 0 Å². The van der Waals surface area contributed by atoms with Crippen LogP contribution in [-0.4, -0.2) is 60.1 Å². The van der Waals surface area contributed by atoms with Gasteiger partial charge in [-0.05, 0) is 45.8 Å². The van der Waals surface area contributed by atoms with Crippen molar-refractivity contribution in [3.63, 3.8) is 0 Å². The molecule has 1 aliphatic heterocycles. The molecular formula is C13H24N2O2. The van der Waals surface area contributed by atoms with Gasteiger partial charge in [-0.3, -0.25) is 9.69 Å². The molecule has 98 valence electrons. The third-order valence-electron chi connectivity index (χ3n) is 3.45. The van der Waals surface area contributed by atoms with Crippen molar-refractivity contribution in [2.45, 2.75) is 31.7 Å². The largest absolute Gasteiger partial charge is 0.480 e. The zero-order valence-electron chi connectivity index (χ0n) is 10.8. The monoisotopic (exact) mass is 240 g/mol. The molecule has 0 radical (unpaired) electrons. The molecule has 1 rings (SSSR count). The Hall–Kier alpha value is -0.870. The van der Waals surface area contributed by atoms with Crippen LogP contribution in [0.5, 0.6) is 0 Å². The van der Waals surface area contributed by atoms with Gasteiger partial charge >= 0.3 is 5.97 Å². The van der Waals surface area contributed by atoms with Crippen LogP contribution >= 0.6 is 0 Å². The molecule has 1 saturated heterocycles. The topological polar surface area (TPSA) is 43.8 Å². The summed E-state index contributed by atoms with van der Waals surface area (Å²) >= 11 is 0. The summed E-state index contributed by atoms with van der Waals surface area (Å²) in [7, 11) is 1.91. The molecule has 1 unspecified atom stereocenters. The van der Waals surface area contributed by atoms with Crippen molar-refractivity contribution in [3.8, 4) is 0 Å². The van der Waals surface area contributed by atoms with Crippen molar-refractivity contribution in [2.75, 3.05) is 33.2 Å². The molecule has 0 spiro atoms. The highest BCUT2D eigenvalue weighted by Gasteiger charge is 2.21. The van der Waals surface area contributed by atoms with E-state index in [9.17, 15) is 4.79 Å². The van der Waals surface area contributed by atoms with E-state index in [0.717, 1.165) is 45.3 Å². The third-order valence-corrected chi connectivity index (χ3v) is 3.45. The number of hydrogen-bond donors (Lipinski definition) is 1. The Bertz CT molecular complexity index is 256. The van der Waals surface area contributed by atoms with Crippen LogP contribution in [0, 0.1) is 0 Å². The summed E-state index contributed by atoms with van der Waals surface area (Å²) in [6, 6.07) is 0.417. The average Bonchev–Trinajstić information content (AvgIpc) is 2.50. The molecule has 0 amide bonds. The van der Waals surface area contributed by atoms with E-state index in [1.54, 1.807) is 0 Å². The van der Waals surface area contributed by atoms with Crippen LogP contribution in [0.1, 0.15) is 25.7 Å². The van der Waals surface area contributed by atoms with Gasteiger partial charge in [-0.2, -0.15) is 0 Å². The van der Waals surface area contributed by atoms with Crippen LogP contribution < -0.4 is 0 Å². The molecule has 0 aromatic heterocycles. The smallest absolute Gasteiger partial charge is 0.317 e. The highest BCUT2D eigenvalue weighted by atomic mass is 16.4. The van der Waals surface area contributed by atoms with Gasteiger partial charge in [0.1, 0.15) is 0 Å². The fraction of sp³-hybridized carbons (Fsp3) is 0.769. The first kappa shape index (κ1) is 14.2. The van der Waals surface area contributed by atoms with Gasteiger partial charge in [0, 0.05) is 12.6 Å². The molecule has 0 aliphatic carbocycles. The molecule has 0 saturated carbocycles. The predicted molar refractivity (Wildman–Crippen MR) is 69.2 cm³/mol. The van der Waals surface area contributed by atoms with E-state index in [0.29, 0.717) is 6.04 Å². The van der Waals surface area contributed by atoms with E-state index in [1.807, 2.05) is 18.0 Å². The maximum atomic E-state index is 10.7. The quantitative estimate of drug-likeness (QED) is 0.713. The van der Waals surface area contributed by atoms with E-state index < -0.39 is 5.97 Å². The molecule has 4 heteroatoms. The summed E-state index contributed by atoms with van der Waals surface area (Å²) in [5, 5.41) is 8.79. The lowest BCUT2D eigenvalue weighted by molar-refractivity contribution is -0.138. The van der Waals surface area contributed by atoms with E-state index in [4.69, 9.17) is 5.11 Å². The Labute approximate surface area is 104 Å². The van der Waals surface area contributed by atoms with Crippen molar-refractivity contribution in [3.05, 3.63) is 12.7 Å². The molecule has 4 nitrogen and oxygen atoms in total. The van der Waals surface area contributed by atoms with Crippen molar-refractivity contribution >= 4 is 5.97 Å². The second-order valence-electron chi connectivity index (χ2n) is 4.81. The predicted octanol–water partition coefficient (Wildman–Crippen LogP) is 1.43. The van der Waals surface area contributed by atoms with Gasteiger partial charge in [-0.15, -0.1) is 6.58 Å². The molecule has 1 N–H and O–H groups in total. The van der Waals surface area contributed by atoms with E-state index >= 15 is 0 Å². The zero-order chi connectivity index (χ0) is 12.7. The fourth-order valence-electron chi connectivity index (χ4n) is 2.42. The van der Waals surface area contributed by atoms with Gasteiger partial charge in [0.05, 0.1) is 6.54 Å². The van der Waals surface area contributed by atoms with Gasteiger partial charge in [-0.25, -0.2) is 0 Å².